The van der Waals surface area contributed by atoms with Crippen molar-refractivity contribution in [2.45, 2.75) is 84.4 Å². The Hall–Kier alpha value is -4.47. The Morgan fingerprint density at radius 2 is 1.79 bits per heavy atom. The quantitative estimate of drug-likeness (QED) is 0.0773. The number of hydrogen-bond donors (Lipinski definition) is 1. The van der Waals surface area contributed by atoms with E-state index in [0.717, 1.165) is 51.7 Å². The molecule has 6 rings (SSSR count). The van der Waals surface area contributed by atoms with Crippen molar-refractivity contribution in [3.63, 3.8) is 0 Å². The predicted molar refractivity (Wildman–Crippen MR) is 213 cm³/mol. The van der Waals surface area contributed by atoms with E-state index in [9.17, 15) is 14.7 Å². The van der Waals surface area contributed by atoms with Gasteiger partial charge in [0.2, 0.25) is 0 Å². The Balaban J connectivity index is 1.48. The summed E-state index contributed by atoms with van der Waals surface area (Å²) in [5.74, 6) is 0.0595. The van der Waals surface area contributed by atoms with Crippen LogP contribution >= 0.6 is 23.2 Å². The summed E-state index contributed by atoms with van der Waals surface area (Å²) in [5, 5.41) is 19.3. The summed E-state index contributed by atoms with van der Waals surface area (Å²) in [6.07, 6.45) is 7.50. The van der Waals surface area contributed by atoms with Crippen molar-refractivity contribution < 1.29 is 24.2 Å². The van der Waals surface area contributed by atoms with Gasteiger partial charge in [0, 0.05) is 53.6 Å². The van der Waals surface area contributed by atoms with Crippen molar-refractivity contribution in [1.29, 1.82) is 0 Å². The van der Waals surface area contributed by atoms with Crippen LogP contribution in [0.15, 0.2) is 66.7 Å². The number of aromatic carboxylic acids is 1. The molecule has 3 aromatic carbocycles. The highest BCUT2D eigenvalue weighted by Crippen LogP contribution is 2.46. The maximum absolute atomic E-state index is 13.6. The van der Waals surface area contributed by atoms with Crippen molar-refractivity contribution in [3.05, 3.63) is 94.4 Å². The molecule has 1 atom stereocenters. The highest BCUT2D eigenvalue weighted by molar-refractivity contribution is 6.35. The van der Waals surface area contributed by atoms with Crippen LogP contribution in [0, 0.1) is 0 Å². The number of halogens is 2. The van der Waals surface area contributed by atoms with Gasteiger partial charge < -0.3 is 19.1 Å². The topological polar surface area (TPSA) is 98.8 Å². The van der Waals surface area contributed by atoms with Gasteiger partial charge >= 0.3 is 12.1 Å². The van der Waals surface area contributed by atoms with Gasteiger partial charge in [0.05, 0.1) is 28.9 Å². The molecule has 1 aliphatic rings. The SMILES string of the molecule is CCc1c(-c2c(Cl)ccc3c(CCCOc4cccc5ccccc45)c(C(=O)O)n(C/C=C\CCl)c23)c(C2CCCCN2C(=O)OC(C)(C)C)nn1C. The lowest BCUT2D eigenvalue weighted by Crippen LogP contribution is -2.42. The fourth-order valence-corrected chi connectivity index (χ4v) is 8.03. The number of aryl methyl sites for hydroxylation is 2. The van der Waals surface area contributed by atoms with Gasteiger partial charge in [0.1, 0.15) is 17.0 Å². The summed E-state index contributed by atoms with van der Waals surface area (Å²) in [6, 6.07) is 17.5. The highest BCUT2D eigenvalue weighted by Gasteiger charge is 2.37. The Kier molecular flexibility index (Phi) is 11.7. The molecular weight excluding hydrogens is 711 g/mol. The third kappa shape index (κ3) is 7.92. The molecule has 1 saturated heterocycles. The molecule has 53 heavy (non-hydrogen) atoms. The zero-order valence-corrected chi connectivity index (χ0v) is 32.6. The standard InChI is InChI=1S/C42H48Cl2N4O5/c1-6-32-36(37(45-46(32)5)33-19-9-11-24-47(33)41(51)53-42(2,3)4)35-31(44)22-21-30-29(39(40(49)50)48(38(30)35)25-12-10-23-43)18-14-26-52-34-20-13-16-27-15-7-8-17-28(27)34/h7-8,10,12-13,15-17,20-22,33H,6,9,11,14,18-19,23-26H2,1-5H3,(H,49,50)/b12-10-. The van der Waals surface area contributed by atoms with Gasteiger partial charge in [-0.15, -0.1) is 11.6 Å². The number of hydrogen-bond acceptors (Lipinski definition) is 5. The van der Waals surface area contributed by atoms with Gasteiger partial charge in [-0.1, -0.05) is 73.1 Å². The number of rotatable bonds is 12. The number of likely N-dealkylation sites (tertiary alicyclic amines) is 1. The highest BCUT2D eigenvalue weighted by atomic mass is 35.5. The summed E-state index contributed by atoms with van der Waals surface area (Å²) in [5.41, 5.74) is 4.17. The Morgan fingerprint density at radius 1 is 1.02 bits per heavy atom. The zero-order valence-electron chi connectivity index (χ0n) is 31.1. The molecular formula is C42H48Cl2N4O5. The van der Waals surface area contributed by atoms with Crippen LogP contribution in [-0.2, 0) is 31.2 Å². The largest absolute Gasteiger partial charge is 0.493 e. The van der Waals surface area contributed by atoms with Crippen molar-refractivity contribution in [2.24, 2.45) is 7.05 Å². The van der Waals surface area contributed by atoms with E-state index in [0.29, 0.717) is 66.4 Å². The molecule has 0 radical (unpaired) electrons. The second-order valence-electron chi connectivity index (χ2n) is 14.5. The molecule has 0 aliphatic carbocycles. The Bertz CT molecular complexity index is 2160. The smallest absolute Gasteiger partial charge is 0.410 e. The lowest BCUT2D eigenvalue weighted by molar-refractivity contribution is 0.00899. The van der Waals surface area contributed by atoms with Crippen LogP contribution in [0.1, 0.15) is 86.9 Å². The number of carbonyl (C=O) groups is 2. The number of nitrogens with zero attached hydrogens (tertiary/aromatic N) is 4. The molecule has 1 aliphatic heterocycles. The van der Waals surface area contributed by atoms with Gasteiger partial charge in [-0.05, 0) is 82.4 Å². The van der Waals surface area contributed by atoms with Crippen molar-refractivity contribution in [3.8, 4) is 16.9 Å². The van der Waals surface area contributed by atoms with E-state index in [4.69, 9.17) is 37.8 Å². The molecule has 0 spiro atoms. The predicted octanol–water partition coefficient (Wildman–Crippen LogP) is 10.4. The summed E-state index contributed by atoms with van der Waals surface area (Å²) in [7, 11) is 1.91. The minimum Gasteiger partial charge on any atom is -0.493 e. The van der Waals surface area contributed by atoms with Gasteiger partial charge in [-0.3, -0.25) is 9.58 Å². The lowest BCUT2D eigenvalue weighted by atomic mass is 9.91. The fourth-order valence-electron chi connectivity index (χ4n) is 7.65. The maximum Gasteiger partial charge on any atom is 0.410 e. The van der Waals surface area contributed by atoms with Crippen LogP contribution < -0.4 is 4.74 Å². The summed E-state index contributed by atoms with van der Waals surface area (Å²) < 4.78 is 15.9. The van der Waals surface area contributed by atoms with Gasteiger partial charge in [-0.2, -0.15) is 5.10 Å². The first-order chi connectivity index (χ1) is 25.4. The molecule has 5 aromatic rings. The zero-order chi connectivity index (χ0) is 37.9. The molecule has 1 N–H and O–H groups in total. The van der Waals surface area contributed by atoms with Crippen molar-refractivity contribution >= 4 is 56.9 Å². The molecule has 0 bridgehead atoms. The van der Waals surface area contributed by atoms with E-state index in [1.807, 2.05) is 91.7 Å². The summed E-state index contributed by atoms with van der Waals surface area (Å²) in [4.78, 5) is 28.7. The van der Waals surface area contributed by atoms with E-state index >= 15 is 0 Å². The van der Waals surface area contributed by atoms with Gasteiger partial charge in [0.15, 0.2) is 0 Å². The number of allylic oxidation sites excluding steroid dienone is 2. The number of fused-ring (bicyclic) bond motifs is 2. The van der Waals surface area contributed by atoms with Gasteiger partial charge in [0.25, 0.3) is 0 Å². The summed E-state index contributed by atoms with van der Waals surface area (Å²) in [6.45, 7) is 8.89. The number of ether oxygens (including phenoxy) is 2. The minimum absolute atomic E-state index is 0.199. The molecule has 9 nitrogen and oxygen atoms in total. The molecule has 1 fully saturated rings. The number of carboxylic acids is 1. The van der Waals surface area contributed by atoms with Crippen LogP contribution in [0.3, 0.4) is 0 Å². The van der Waals surface area contributed by atoms with Crippen LogP contribution in [-0.4, -0.2) is 61.0 Å². The number of benzene rings is 3. The normalized spacial score (nSPS) is 15.2. The number of carbonyl (C=O) groups excluding carboxylic acids is 1. The summed E-state index contributed by atoms with van der Waals surface area (Å²) >= 11 is 13.3. The Morgan fingerprint density at radius 3 is 2.53 bits per heavy atom. The van der Waals surface area contributed by atoms with E-state index < -0.39 is 11.6 Å². The molecule has 11 heteroatoms. The minimum atomic E-state index is -1.03. The molecule has 1 unspecified atom stereocenters. The van der Waals surface area contributed by atoms with E-state index in [1.165, 1.54) is 0 Å². The van der Waals surface area contributed by atoms with E-state index in [1.54, 1.807) is 4.90 Å². The maximum atomic E-state index is 13.6. The second-order valence-corrected chi connectivity index (χ2v) is 15.2. The van der Waals surface area contributed by atoms with Crippen LogP contribution in [0.2, 0.25) is 5.02 Å². The average molecular weight is 760 g/mol. The Labute approximate surface area is 321 Å². The second kappa shape index (κ2) is 16.3. The van der Waals surface area contributed by atoms with E-state index in [2.05, 4.69) is 19.1 Å². The molecule has 3 heterocycles. The number of alkyl halides is 1. The van der Waals surface area contributed by atoms with Crippen LogP contribution in [0.5, 0.6) is 5.75 Å². The first-order valence-corrected chi connectivity index (χ1v) is 19.3. The number of aromatic nitrogens is 3. The first kappa shape index (κ1) is 38.3. The number of amides is 1. The first-order valence-electron chi connectivity index (χ1n) is 18.4. The number of carboxylic acid groups (broad SMARTS) is 1. The van der Waals surface area contributed by atoms with Crippen LogP contribution in [0.25, 0.3) is 32.8 Å². The third-order valence-corrected chi connectivity index (χ3v) is 10.3. The average Bonchev–Trinajstić information content (AvgIpc) is 3.63. The van der Waals surface area contributed by atoms with Gasteiger partial charge in [-0.25, -0.2) is 9.59 Å². The fraction of sp³-hybridized carbons (Fsp3) is 0.405. The lowest BCUT2D eigenvalue weighted by Gasteiger charge is -2.36. The monoisotopic (exact) mass is 758 g/mol. The molecule has 1 amide bonds. The third-order valence-electron chi connectivity index (χ3n) is 9.83. The molecule has 2 aromatic heterocycles. The molecule has 0 saturated carbocycles. The molecule has 280 valence electrons. The number of piperidine rings is 1. The van der Waals surface area contributed by atoms with Crippen molar-refractivity contribution in [1.82, 2.24) is 19.2 Å². The van der Waals surface area contributed by atoms with Crippen molar-refractivity contribution in [2.75, 3.05) is 19.0 Å². The van der Waals surface area contributed by atoms with E-state index in [-0.39, 0.29) is 24.4 Å². The van der Waals surface area contributed by atoms with Crippen LogP contribution in [0.4, 0.5) is 4.79 Å².